The Morgan fingerprint density at radius 2 is 2.10 bits per heavy atom. The predicted octanol–water partition coefficient (Wildman–Crippen LogP) is 3.67. The van der Waals surface area contributed by atoms with Gasteiger partial charge in [-0.05, 0) is 44.0 Å². The summed E-state index contributed by atoms with van der Waals surface area (Å²) in [4.78, 5) is 0. The molecule has 0 aliphatic carbocycles. The predicted molar refractivity (Wildman–Crippen MR) is 84.1 cm³/mol. The smallest absolute Gasteiger partial charge is 0.0597 e. The number of nitrogens with one attached hydrogen (secondary N) is 1. The van der Waals surface area contributed by atoms with Gasteiger partial charge in [-0.1, -0.05) is 36.7 Å². The third-order valence-electron chi connectivity index (χ3n) is 3.42. The van der Waals surface area contributed by atoms with Gasteiger partial charge in [-0.2, -0.15) is 5.10 Å². The monoisotopic (exact) mass is 291 g/mol. The Morgan fingerprint density at radius 1 is 1.35 bits per heavy atom. The van der Waals surface area contributed by atoms with E-state index in [9.17, 15) is 0 Å². The summed E-state index contributed by atoms with van der Waals surface area (Å²) in [6.45, 7) is 5.18. The van der Waals surface area contributed by atoms with Crippen molar-refractivity contribution in [1.82, 2.24) is 15.1 Å². The molecule has 1 unspecified atom stereocenters. The van der Waals surface area contributed by atoms with E-state index in [2.05, 4.69) is 29.5 Å². The molecule has 4 heteroatoms. The molecule has 0 aliphatic heterocycles. The lowest BCUT2D eigenvalue weighted by molar-refractivity contribution is 0.493. The summed E-state index contributed by atoms with van der Waals surface area (Å²) in [6.07, 6.45) is 1.98. The van der Waals surface area contributed by atoms with Crippen molar-refractivity contribution in [2.45, 2.75) is 32.7 Å². The molecule has 108 valence electrons. The van der Waals surface area contributed by atoms with Gasteiger partial charge in [-0.15, -0.1) is 0 Å². The van der Waals surface area contributed by atoms with Crippen LogP contribution < -0.4 is 5.32 Å². The molecule has 0 saturated carbocycles. The SMILES string of the molecule is CCCNC(Cc1ccccc1Cl)c1cc(C)nn1C. The fourth-order valence-electron chi connectivity index (χ4n) is 2.44. The molecule has 20 heavy (non-hydrogen) atoms. The topological polar surface area (TPSA) is 29.9 Å². The Morgan fingerprint density at radius 3 is 2.70 bits per heavy atom. The number of nitrogens with zero attached hydrogens (tertiary/aromatic N) is 2. The molecule has 2 aromatic rings. The zero-order valence-corrected chi connectivity index (χ0v) is 13.1. The van der Waals surface area contributed by atoms with Crippen LogP contribution in [-0.2, 0) is 13.5 Å². The Balaban J connectivity index is 2.24. The molecule has 3 nitrogen and oxygen atoms in total. The molecular formula is C16H22ClN3. The van der Waals surface area contributed by atoms with E-state index >= 15 is 0 Å². The second-order valence-electron chi connectivity index (χ2n) is 5.14. The third kappa shape index (κ3) is 3.62. The van der Waals surface area contributed by atoms with Crippen molar-refractivity contribution in [1.29, 1.82) is 0 Å². The van der Waals surface area contributed by atoms with Crippen LogP contribution in [0.25, 0.3) is 0 Å². The van der Waals surface area contributed by atoms with E-state index in [-0.39, 0.29) is 6.04 Å². The summed E-state index contributed by atoms with van der Waals surface area (Å²) in [5.41, 5.74) is 3.42. The molecule has 0 saturated heterocycles. The van der Waals surface area contributed by atoms with Gasteiger partial charge in [0.25, 0.3) is 0 Å². The Kier molecular flexibility index (Phi) is 5.21. The zero-order chi connectivity index (χ0) is 14.5. The highest BCUT2D eigenvalue weighted by molar-refractivity contribution is 6.31. The molecule has 0 amide bonds. The van der Waals surface area contributed by atoms with Crippen molar-refractivity contribution < 1.29 is 0 Å². The number of benzene rings is 1. The second-order valence-corrected chi connectivity index (χ2v) is 5.54. The Labute approximate surface area is 126 Å². The zero-order valence-electron chi connectivity index (χ0n) is 12.4. The quantitative estimate of drug-likeness (QED) is 0.880. The average Bonchev–Trinajstić information content (AvgIpc) is 2.75. The van der Waals surface area contributed by atoms with Crippen LogP contribution in [0.1, 0.15) is 36.3 Å². The summed E-state index contributed by atoms with van der Waals surface area (Å²) < 4.78 is 1.96. The summed E-state index contributed by atoms with van der Waals surface area (Å²) >= 11 is 6.28. The maximum absolute atomic E-state index is 6.28. The number of halogens is 1. The van der Waals surface area contributed by atoms with Crippen LogP contribution in [-0.4, -0.2) is 16.3 Å². The highest BCUT2D eigenvalue weighted by Crippen LogP contribution is 2.23. The molecule has 0 radical (unpaired) electrons. The minimum atomic E-state index is 0.237. The van der Waals surface area contributed by atoms with Crippen LogP contribution in [0.3, 0.4) is 0 Å². The molecule has 1 aromatic carbocycles. The van der Waals surface area contributed by atoms with Crippen molar-refractivity contribution in [2.24, 2.45) is 7.05 Å². The van der Waals surface area contributed by atoms with Crippen molar-refractivity contribution in [3.8, 4) is 0 Å². The number of aryl methyl sites for hydroxylation is 2. The van der Waals surface area contributed by atoms with Crippen LogP contribution in [0.5, 0.6) is 0 Å². The van der Waals surface area contributed by atoms with Gasteiger partial charge in [-0.3, -0.25) is 4.68 Å². The largest absolute Gasteiger partial charge is 0.308 e. The van der Waals surface area contributed by atoms with Gasteiger partial charge in [0, 0.05) is 12.1 Å². The molecule has 0 aliphatic rings. The van der Waals surface area contributed by atoms with Gasteiger partial charge in [0.1, 0.15) is 0 Å². The van der Waals surface area contributed by atoms with E-state index in [1.807, 2.05) is 36.9 Å². The molecular weight excluding hydrogens is 270 g/mol. The Hall–Kier alpha value is -1.32. The lowest BCUT2D eigenvalue weighted by Gasteiger charge is -2.19. The standard InChI is InChI=1S/C16H22ClN3/c1-4-9-18-15(16-10-12(2)19-20(16)3)11-13-7-5-6-8-14(13)17/h5-8,10,15,18H,4,9,11H2,1-3H3. The molecule has 0 fully saturated rings. The van der Waals surface area contributed by atoms with Crippen LogP contribution in [0.15, 0.2) is 30.3 Å². The van der Waals surface area contributed by atoms with E-state index in [1.165, 1.54) is 11.3 Å². The van der Waals surface area contributed by atoms with E-state index < -0.39 is 0 Å². The fraction of sp³-hybridized carbons (Fsp3) is 0.438. The summed E-state index contributed by atoms with van der Waals surface area (Å²) in [5.74, 6) is 0. The van der Waals surface area contributed by atoms with Crippen LogP contribution in [0.2, 0.25) is 5.02 Å². The first kappa shape index (κ1) is 15.1. The number of hydrogen-bond donors (Lipinski definition) is 1. The van der Waals surface area contributed by atoms with Crippen molar-refractivity contribution >= 4 is 11.6 Å². The van der Waals surface area contributed by atoms with Gasteiger partial charge in [0.2, 0.25) is 0 Å². The average molecular weight is 292 g/mol. The lowest BCUT2D eigenvalue weighted by Crippen LogP contribution is -2.26. The van der Waals surface area contributed by atoms with Crippen molar-refractivity contribution in [3.05, 3.63) is 52.3 Å². The van der Waals surface area contributed by atoms with Gasteiger partial charge < -0.3 is 5.32 Å². The van der Waals surface area contributed by atoms with Gasteiger partial charge in [0.05, 0.1) is 17.4 Å². The van der Waals surface area contributed by atoms with E-state index in [1.54, 1.807) is 0 Å². The highest BCUT2D eigenvalue weighted by atomic mass is 35.5. The molecule has 1 heterocycles. The maximum atomic E-state index is 6.28. The molecule has 1 atom stereocenters. The van der Waals surface area contributed by atoms with Crippen LogP contribution in [0, 0.1) is 6.92 Å². The summed E-state index contributed by atoms with van der Waals surface area (Å²) in [7, 11) is 2.00. The third-order valence-corrected chi connectivity index (χ3v) is 3.79. The van der Waals surface area contributed by atoms with Crippen molar-refractivity contribution in [2.75, 3.05) is 6.54 Å². The molecule has 2 rings (SSSR count). The summed E-state index contributed by atoms with van der Waals surface area (Å²) in [6, 6.07) is 10.4. The molecule has 0 bridgehead atoms. The normalized spacial score (nSPS) is 12.6. The first-order valence-electron chi connectivity index (χ1n) is 7.09. The summed E-state index contributed by atoms with van der Waals surface area (Å²) in [5, 5.41) is 8.87. The highest BCUT2D eigenvalue weighted by Gasteiger charge is 2.17. The first-order chi connectivity index (χ1) is 9.61. The lowest BCUT2D eigenvalue weighted by atomic mass is 10.0. The van der Waals surface area contributed by atoms with E-state index in [4.69, 9.17) is 11.6 Å². The Bertz CT molecular complexity index is 563. The maximum Gasteiger partial charge on any atom is 0.0597 e. The first-order valence-corrected chi connectivity index (χ1v) is 7.47. The van der Waals surface area contributed by atoms with E-state index in [0.717, 1.165) is 30.1 Å². The van der Waals surface area contributed by atoms with Gasteiger partial charge in [-0.25, -0.2) is 0 Å². The molecule has 1 N–H and O–H groups in total. The molecule has 1 aromatic heterocycles. The second kappa shape index (κ2) is 6.91. The number of rotatable bonds is 6. The van der Waals surface area contributed by atoms with Crippen LogP contribution in [0.4, 0.5) is 0 Å². The van der Waals surface area contributed by atoms with E-state index in [0.29, 0.717) is 0 Å². The number of aromatic nitrogens is 2. The van der Waals surface area contributed by atoms with Crippen molar-refractivity contribution in [3.63, 3.8) is 0 Å². The number of hydrogen-bond acceptors (Lipinski definition) is 2. The van der Waals surface area contributed by atoms with Gasteiger partial charge in [0.15, 0.2) is 0 Å². The van der Waals surface area contributed by atoms with Crippen LogP contribution >= 0.6 is 11.6 Å². The fourth-order valence-corrected chi connectivity index (χ4v) is 2.65. The minimum Gasteiger partial charge on any atom is -0.308 e. The minimum absolute atomic E-state index is 0.237. The molecule has 0 spiro atoms. The van der Waals surface area contributed by atoms with Gasteiger partial charge >= 0.3 is 0 Å².